The van der Waals surface area contributed by atoms with Gasteiger partial charge in [-0.2, -0.15) is 0 Å². The van der Waals surface area contributed by atoms with Crippen molar-refractivity contribution in [1.82, 2.24) is 14.8 Å². The second kappa shape index (κ2) is 3.70. The van der Waals surface area contributed by atoms with E-state index in [1.807, 2.05) is 18.7 Å². The maximum Gasteiger partial charge on any atom is 0.191 e. The highest BCUT2D eigenvalue weighted by atomic mass is 32.2. The normalized spacial score (nSPS) is 17.4. The first kappa shape index (κ1) is 9.06. The smallest absolute Gasteiger partial charge is 0.191 e. The zero-order valence-corrected chi connectivity index (χ0v) is 8.97. The van der Waals surface area contributed by atoms with E-state index in [0.29, 0.717) is 0 Å². The van der Waals surface area contributed by atoms with E-state index in [1.165, 1.54) is 19.3 Å². The van der Waals surface area contributed by atoms with Gasteiger partial charge in [0.15, 0.2) is 5.16 Å². The molecule has 0 amide bonds. The summed E-state index contributed by atoms with van der Waals surface area (Å²) < 4.78 is 2.18. The van der Waals surface area contributed by atoms with Crippen LogP contribution in [0.15, 0.2) is 5.16 Å². The number of thioether (sulfide) groups is 1. The SMILES string of the molecule is CCn1c(C)nnc1SC1CCC1. The molecule has 0 atom stereocenters. The first-order valence-electron chi connectivity index (χ1n) is 4.87. The average Bonchev–Trinajstić information content (AvgIpc) is 2.39. The fraction of sp³-hybridized carbons (Fsp3) is 0.778. The van der Waals surface area contributed by atoms with Crippen LogP contribution in [0.25, 0.3) is 0 Å². The van der Waals surface area contributed by atoms with Crippen molar-refractivity contribution in [2.75, 3.05) is 0 Å². The average molecular weight is 197 g/mol. The molecule has 1 heterocycles. The van der Waals surface area contributed by atoms with E-state index in [9.17, 15) is 0 Å². The van der Waals surface area contributed by atoms with Gasteiger partial charge in [0.05, 0.1) is 0 Å². The third-order valence-electron chi connectivity index (χ3n) is 2.54. The Hall–Kier alpha value is -0.510. The summed E-state index contributed by atoms with van der Waals surface area (Å²) in [6, 6.07) is 0. The number of hydrogen-bond donors (Lipinski definition) is 0. The predicted molar refractivity (Wildman–Crippen MR) is 53.9 cm³/mol. The molecule has 1 fully saturated rings. The van der Waals surface area contributed by atoms with Crippen molar-refractivity contribution in [2.45, 2.75) is 50.1 Å². The highest BCUT2D eigenvalue weighted by Crippen LogP contribution is 2.35. The van der Waals surface area contributed by atoms with E-state index in [1.54, 1.807) is 0 Å². The molecule has 1 saturated carbocycles. The van der Waals surface area contributed by atoms with Gasteiger partial charge in [0.1, 0.15) is 5.82 Å². The fourth-order valence-corrected chi connectivity index (χ4v) is 2.79. The first-order valence-corrected chi connectivity index (χ1v) is 5.75. The highest BCUT2D eigenvalue weighted by Gasteiger charge is 2.21. The lowest BCUT2D eigenvalue weighted by Crippen LogP contribution is -2.14. The van der Waals surface area contributed by atoms with Gasteiger partial charge in [0, 0.05) is 11.8 Å². The molecule has 0 spiro atoms. The van der Waals surface area contributed by atoms with Crippen molar-refractivity contribution in [3.05, 3.63) is 5.82 Å². The number of hydrogen-bond acceptors (Lipinski definition) is 3. The molecule has 1 aromatic rings. The highest BCUT2D eigenvalue weighted by molar-refractivity contribution is 7.99. The monoisotopic (exact) mass is 197 g/mol. The van der Waals surface area contributed by atoms with Crippen molar-refractivity contribution in [3.8, 4) is 0 Å². The first-order chi connectivity index (χ1) is 6.31. The van der Waals surface area contributed by atoms with Gasteiger partial charge in [-0.15, -0.1) is 10.2 Å². The predicted octanol–water partition coefficient (Wildman–Crippen LogP) is 2.25. The van der Waals surface area contributed by atoms with Gasteiger partial charge in [-0.05, 0) is 26.7 Å². The summed E-state index contributed by atoms with van der Waals surface area (Å²) in [6.07, 6.45) is 4.08. The summed E-state index contributed by atoms with van der Waals surface area (Å²) in [7, 11) is 0. The van der Waals surface area contributed by atoms with E-state index in [2.05, 4.69) is 21.7 Å². The van der Waals surface area contributed by atoms with Gasteiger partial charge < -0.3 is 4.57 Å². The Bertz CT molecular complexity index is 291. The molecule has 2 rings (SSSR count). The summed E-state index contributed by atoms with van der Waals surface area (Å²) in [5.74, 6) is 1.03. The summed E-state index contributed by atoms with van der Waals surface area (Å²) in [4.78, 5) is 0. The van der Waals surface area contributed by atoms with Crippen molar-refractivity contribution < 1.29 is 0 Å². The number of rotatable bonds is 3. The summed E-state index contributed by atoms with van der Waals surface area (Å²) >= 11 is 1.89. The third-order valence-corrected chi connectivity index (χ3v) is 3.86. The van der Waals surface area contributed by atoms with Crippen molar-refractivity contribution in [3.63, 3.8) is 0 Å². The fourth-order valence-electron chi connectivity index (χ4n) is 1.45. The maximum atomic E-state index is 4.18. The van der Waals surface area contributed by atoms with Gasteiger partial charge in [-0.3, -0.25) is 0 Å². The minimum atomic E-state index is 0.800. The van der Waals surface area contributed by atoms with Gasteiger partial charge in [0.25, 0.3) is 0 Å². The molecule has 1 aromatic heterocycles. The lowest BCUT2D eigenvalue weighted by Gasteiger charge is -2.23. The molecule has 0 N–H and O–H groups in total. The molecule has 0 bridgehead atoms. The van der Waals surface area contributed by atoms with Crippen LogP contribution in [0.3, 0.4) is 0 Å². The largest absolute Gasteiger partial charge is 0.307 e. The molecule has 3 nitrogen and oxygen atoms in total. The Kier molecular flexibility index (Phi) is 2.58. The van der Waals surface area contributed by atoms with Gasteiger partial charge in [0.2, 0.25) is 0 Å². The van der Waals surface area contributed by atoms with E-state index in [4.69, 9.17) is 0 Å². The molecule has 1 aliphatic rings. The van der Waals surface area contributed by atoms with Crippen LogP contribution in [0.4, 0.5) is 0 Å². The van der Waals surface area contributed by atoms with Crippen LogP contribution in [0.2, 0.25) is 0 Å². The topological polar surface area (TPSA) is 30.7 Å². The third kappa shape index (κ3) is 1.73. The van der Waals surface area contributed by atoms with Crippen LogP contribution in [-0.4, -0.2) is 20.0 Å². The van der Waals surface area contributed by atoms with Gasteiger partial charge in [-0.25, -0.2) is 0 Å². The van der Waals surface area contributed by atoms with E-state index in [0.717, 1.165) is 22.8 Å². The molecular formula is C9H15N3S. The van der Waals surface area contributed by atoms with E-state index >= 15 is 0 Å². The molecule has 0 aromatic carbocycles. The molecule has 13 heavy (non-hydrogen) atoms. The minimum absolute atomic E-state index is 0.800. The Balaban J connectivity index is 2.09. The number of aryl methyl sites for hydroxylation is 1. The quantitative estimate of drug-likeness (QED) is 0.744. The lowest BCUT2D eigenvalue weighted by molar-refractivity contribution is 0.518. The van der Waals surface area contributed by atoms with E-state index in [-0.39, 0.29) is 0 Å². The molecule has 0 aliphatic heterocycles. The standard InChI is InChI=1S/C9H15N3S/c1-3-12-7(2)10-11-9(12)13-8-5-4-6-8/h8H,3-6H2,1-2H3. The molecule has 4 heteroatoms. The van der Waals surface area contributed by atoms with Gasteiger partial charge >= 0.3 is 0 Å². The number of nitrogens with zero attached hydrogens (tertiary/aromatic N) is 3. The van der Waals surface area contributed by atoms with Crippen LogP contribution in [0.5, 0.6) is 0 Å². The Morgan fingerprint density at radius 3 is 2.77 bits per heavy atom. The Morgan fingerprint density at radius 2 is 2.23 bits per heavy atom. The van der Waals surface area contributed by atoms with Crippen LogP contribution in [0, 0.1) is 6.92 Å². The number of aromatic nitrogens is 3. The second-order valence-corrected chi connectivity index (χ2v) is 4.71. The summed E-state index contributed by atoms with van der Waals surface area (Å²) in [5.41, 5.74) is 0. The zero-order chi connectivity index (χ0) is 9.26. The molecule has 0 unspecified atom stereocenters. The van der Waals surface area contributed by atoms with Crippen LogP contribution >= 0.6 is 11.8 Å². The van der Waals surface area contributed by atoms with Crippen LogP contribution in [0.1, 0.15) is 32.0 Å². The second-order valence-electron chi connectivity index (χ2n) is 3.44. The van der Waals surface area contributed by atoms with Crippen LogP contribution < -0.4 is 0 Å². The summed E-state index contributed by atoms with van der Waals surface area (Å²) in [6.45, 7) is 5.14. The Morgan fingerprint density at radius 1 is 1.46 bits per heavy atom. The molecule has 0 saturated heterocycles. The summed E-state index contributed by atoms with van der Waals surface area (Å²) in [5, 5.41) is 10.2. The van der Waals surface area contributed by atoms with E-state index < -0.39 is 0 Å². The minimum Gasteiger partial charge on any atom is -0.307 e. The lowest BCUT2D eigenvalue weighted by atomic mass is 10.0. The van der Waals surface area contributed by atoms with Crippen molar-refractivity contribution >= 4 is 11.8 Å². The molecular weight excluding hydrogens is 182 g/mol. The Labute approximate surface area is 82.9 Å². The van der Waals surface area contributed by atoms with Crippen LogP contribution in [-0.2, 0) is 6.54 Å². The van der Waals surface area contributed by atoms with Gasteiger partial charge in [-0.1, -0.05) is 18.2 Å². The molecule has 1 aliphatic carbocycles. The van der Waals surface area contributed by atoms with Crippen molar-refractivity contribution in [2.24, 2.45) is 0 Å². The molecule has 0 radical (unpaired) electrons. The molecule has 72 valence electrons. The van der Waals surface area contributed by atoms with Crippen molar-refractivity contribution in [1.29, 1.82) is 0 Å². The maximum absolute atomic E-state index is 4.18. The zero-order valence-electron chi connectivity index (χ0n) is 8.16.